The Labute approximate surface area is 108 Å². The average molecular weight is 246 g/mol. The summed E-state index contributed by atoms with van der Waals surface area (Å²) in [4.78, 5) is 4.45. The van der Waals surface area contributed by atoms with Gasteiger partial charge in [-0.3, -0.25) is 5.10 Å². The van der Waals surface area contributed by atoms with Crippen molar-refractivity contribution in [1.82, 2.24) is 15.2 Å². The summed E-state index contributed by atoms with van der Waals surface area (Å²) in [6.07, 6.45) is 7.14. The number of hydrogen-bond acceptors (Lipinski definition) is 3. The zero-order valence-electron chi connectivity index (χ0n) is 11.0. The quantitative estimate of drug-likeness (QED) is 0.840. The minimum atomic E-state index is 0.0462. The van der Waals surface area contributed by atoms with Gasteiger partial charge in [0.2, 0.25) is 0 Å². The number of aromatic nitrogens is 3. The SMILES string of the molecule is Cc1nc(C(N)C2C3CC4CC(C3)CC2C4)n[nH]1. The second-order valence-corrected chi connectivity index (χ2v) is 6.81. The van der Waals surface area contributed by atoms with Crippen LogP contribution in [0.3, 0.4) is 0 Å². The summed E-state index contributed by atoms with van der Waals surface area (Å²) < 4.78 is 0. The molecule has 4 fully saturated rings. The molecule has 4 aliphatic carbocycles. The van der Waals surface area contributed by atoms with Gasteiger partial charge in [-0.15, -0.1) is 0 Å². The molecular weight excluding hydrogens is 224 g/mol. The summed E-state index contributed by atoms with van der Waals surface area (Å²) in [5.41, 5.74) is 6.49. The number of hydrogen-bond donors (Lipinski definition) is 2. The standard InChI is InChI=1S/C14H22N4/c1-7-16-14(18-17-7)13(15)12-10-3-8-2-9(5-10)6-11(12)4-8/h8-13H,2-6,15H2,1H3,(H,16,17,18). The molecule has 1 aromatic heterocycles. The molecule has 1 heterocycles. The topological polar surface area (TPSA) is 67.6 Å². The molecule has 18 heavy (non-hydrogen) atoms. The number of nitrogens with one attached hydrogen (secondary N) is 1. The van der Waals surface area contributed by atoms with Gasteiger partial charge >= 0.3 is 0 Å². The summed E-state index contributed by atoms with van der Waals surface area (Å²) in [6.45, 7) is 1.94. The Morgan fingerprint density at radius 1 is 1.11 bits per heavy atom. The van der Waals surface area contributed by atoms with E-state index in [2.05, 4.69) is 15.2 Å². The van der Waals surface area contributed by atoms with Crippen molar-refractivity contribution in [3.05, 3.63) is 11.6 Å². The van der Waals surface area contributed by atoms with Gasteiger partial charge in [0, 0.05) is 0 Å². The van der Waals surface area contributed by atoms with Crippen LogP contribution in [0.5, 0.6) is 0 Å². The molecule has 1 unspecified atom stereocenters. The molecule has 4 nitrogen and oxygen atoms in total. The normalized spacial score (nSPS) is 43.3. The molecule has 0 radical (unpaired) electrons. The van der Waals surface area contributed by atoms with Crippen molar-refractivity contribution in [1.29, 1.82) is 0 Å². The van der Waals surface area contributed by atoms with Gasteiger partial charge in [0.05, 0.1) is 6.04 Å². The molecule has 3 N–H and O–H groups in total. The molecule has 98 valence electrons. The zero-order valence-corrected chi connectivity index (χ0v) is 11.0. The molecule has 0 spiro atoms. The van der Waals surface area contributed by atoms with Gasteiger partial charge in [-0.1, -0.05) is 0 Å². The monoisotopic (exact) mass is 246 g/mol. The molecule has 0 saturated heterocycles. The average Bonchev–Trinajstić information content (AvgIpc) is 2.74. The van der Waals surface area contributed by atoms with Gasteiger partial charge < -0.3 is 5.73 Å². The Kier molecular flexibility index (Phi) is 2.31. The second-order valence-electron chi connectivity index (χ2n) is 6.81. The molecule has 4 heteroatoms. The van der Waals surface area contributed by atoms with E-state index in [0.29, 0.717) is 5.92 Å². The fourth-order valence-electron chi connectivity index (χ4n) is 5.23. The van der Waals surface area contributed by atoms with Crippen LogP contribution in [0.1, 0.15) is 49.8 Å². The Morgan fingerprint density at radius 3 is 2.22 bits per heavy atom. The number of aromatic amines is 1. The summed E-state index contributed by atoms with van der Waals surface area (Å²) >= 11 is 0. The van der Waals surface area contributed by atoms with Crippen LogP contribution in [-0.2, 0) is 0 Å². The third kappa shape index (κ3) is 1.54. The largest absolute Gasteiger partial charge is 0.321 e. The lowest BCUT2D eigenvalue weighted by molar-refractivity contribution is -0.0481. The lowest BCUT2D eigenvalue weighted by atomic mass is 9.50. The van der Waals surface area contributed by atoms with E-state index in [1.807, 2.05) is 6.92 Å². The van der Waals surface area contributed by atoms with Crippen molar-refractivity contribution < 1.29 is 0 Å². The predicted octanol–water partition coefficient (Wildman–Crippen LogP) is 2.19. The van der Waals surface area contributed by atoms with Crippen LogP contribution in [-0.4, -0.2) is 15.2 Å². The first kappa shape index (κ1) is 11.0. The van der Waals surface area contributed by atoms with Crippen molar-refractivity contribution in [2.24, 2.45) is 35.3 Å². The van der Waals surface area contributed by atoms with Crippen molar-refractivity contribution in [3.63, 3.8) is 0 Å². The highest BCUT2D eigenvalue weighted by Gasteiger charge is 2.50. The smallest absolute Gasteiger partial charge is 0.167 e. The first-order chi connectivity index (χ1) is 8.70. The minimum Gasteiger partial charge on any atom is -0.321 e. The second kappa shape index (κ2) is 3.80. The number of H-pyrrole nitrogens is 1. The highest BCUT2D eigenvalue weighted by atomic mass is 15.2. The van der Waals surface area contributed by atoms with Crippen molar-refractivity contribution >= 4 is 0 Å². The van der Waals surface area contributed by atoms with Crippen molar-refractivity contribution in [3.8, 4) is 0 Å². The summed E-state index contributed by atoms with van der Waals surface area (Å²) in [6, 6.07) is 0.0462. The van der Waals surface area contributed by atoms with Crippen LogP contribution in [0.25, 0.3) is 0 Å². The third-order valence-electron chi connectivity index (χ3n) is 5.63. The summed E-state index contributed by atoms with van der Waals surface area (Å²) in [5, 5.41) is 7.22. The molecule has 4 saturated carbocycles. The van der Waals surface area contributed by atoms with Gasteiger partial charge in [-0.2, -0.15) is 5.10 Å². The Hall–Kier alpha value is -0.900. The van der Waals surface area contributed by atoms with Crippen LogP contribution >= 0.6 is 0 Å². The summed E-state index contributed by atoms with van der Waals surface area (Å²) in [7, 11) is 0. The minimum absolute atomic E-state index is 0.0462. The lowest BCUT2D eigenvalue weighted by Crippen LogP contribution is -2.48. The first-order valence-electron chi connectivity index (χ1n) is 7.35. The molecule has 0 amide bonds. The Balaban J connectivity index is 1.61. The van der Waals surface area contributed by atoms with E-state index in [0.717, 1.165) is 35.3 Å². The highest BCUT2D eigenvalue weighted by Crippen LogP contribution is 2.58. The van der Waals surface area contributed by atoms with Crippen molar-refractivity contribution in [2.45, 2.75) is 45.1 Å². The van der Waals surface area contributed by atoms with Crippen LogP contribution in [0.4, 0.5) is 0 Å². The molecule has 1 aromatic rings. The fourth-order valence-corrected chi connectivity index (χ4v) is 5.23. The van der Waals surface area contributed by atoms with Crippen LogP contribution in [0, 0.1) is 36.5 Å². The molecule has 4 aliphatic rings. The summed E-state index contributed by atoms with van der Waals surface area (Å²) in [5.74, 6) is 6.04. The van der Waals surface area contributed by atoms with Gasteiger partial charge in [0.1, 0.15) is 5.82 Å². The van der Waals surface area contributed by atoms with E-state index in [9.17, 15) is 0 Å². The van der Waals surface area contributed by atoms with Crippen molar-refractivity contribution in [2.75, 3.05) is 0 Å². The number of nitrogens with zero attached hydrogens (tertiary/aromatic N) is 2. The highest BCUT2D eigenvalue weighted by molar-refractivity contribution is 5.06. The maximum absolute atomic E-state index is 6.49. The van der Waals surface area contributed by atoms with Gasteiger partial charge in [0.15, 0.2) is 5.82 Å². The van der Waals surface area contributed by atoms with E-state index >= 15 is 0 Å². The Morgan fingerprint density at radius 2 is 1.72 bits per heavy atom. The van der Waals surface area contributed by atoms with E-state index in [4.69, 9.17) is 5.73 Å². The van der Waals surface area contributed by atoms with E-state index < -0.39 is 0 Å². The maximum atomic E-state index is 6.49. The first-order valence-corrected chi connectivity index (χ1v) is 7.35. The van der Waals surface area contributed by atoms with Crippen LogP contribution in [0.2, 0.25) is 0 Å². The van der Waals surface area contributed by atoms with Gasteiger partial charge in [0.25, 0.3) is 0 Å². The van der Waals surface area contributed by atoms with E-state index in [-0.39, 0.29) is 6.04 Å². The van der Waals surface area contributed by atoms with E-state index in [1.165, 1.54) is 32.1 Å². The predicted molar refractivity (Wildman–Crippen MR) is 68.6 cm³/mol. The molecular formula is C14H22N4. The fraction of sp³-hybridized carbons (Fsp3) is 0.857. The number of aryl methyl sites for hydroxylation is 1. The molecule has 4 bridgehead atoms. The number of nitrogens with two attached hydrogens (primary N) is 1. The molecule has 5 rings (SSSR count). The molecule has 1 atom stereocenters. The zero-order chi connectivity index (χ0) is 12.3. The Bertz CT molecular complexity index is 424. The number of rotatable bonds is 2. The van der Waals surface area contributed by atoms with Crippen LogP contribution < -0.4 is 5.73 Å². The van der Waals surface area contributed by atoms with Gasteiger partial charge in [-0.05, 0) is 68.6 Å². The molecule has 0 aliphatic heterocycles. The lowest BCUT2D eigenvalue weighted by Gasteiger charge is -2.55. The van der Waals surface area contributed by atoms with E-state index in [1.54, 1.807) is 0 Å². The maximum Gasteiger partial charge on any atom is 0.167 e. The third-order valence-corrected chi connectivity index (χ3v) is 5.63. The molecule has 0 aromatic carbocycles. The van der Waals surface area contributed by atoms with Gasteiger partial charge in [-0.25, -0.2) is 4.98 Å². The van der Waals surface area contributed by atoms with Crippen LogP contribution in [0.15, 0.2) is 0 Å².